The van der Waals surface area contributed by atoms with Gasteiger partial charge in [0.25, 0.3) is 5.91 Å². The number of nitrogens with zero attached hydrogens (tertiary/aromatic N) is 3. The van der Waals surface area contributed by atoms with Gasteiger partial charge in [0, 0.05) is 13.1 Å². The van der Waals surface area contributed by atoms with Gasteiger partial charge >= 0.3 is 0 Å². The molecule has 4 aromatic rings. The fourth-order valence-electron chi connectivity index (χ4n) is 3.13. The Balaban J connectivity index is 1.51. The fourth-order valence-corrected chi connectivity index (χ4v) is 3.13. The number of aromatic nitrogens is 3. The number of carbonyl (C=O) groups excluding carboxylic acids is 1. The summed E-state index contributed by atoms with van der Waals surface area (Å²) in [5, 5.41) is 10.8. The lowest BCUT2D eigenvalue weighted by Crippen LogP contribution is -2.31. The number of hydrogen-bond donors (Lipinski definition) is 2. The Hall–Kier alpha value is -4.13. The standard InChI is InChI=1S/C25H25N5O2/c1-19(32-22-15-9-4-10-16-22)23(31)30-25(27-18-21-13-7-3-8-14-21)28-24(29-30)26-17-20-11-5-2-6-12-20/h2-16,19H,17-18H2,1H3,(H2,26,27,28,29). The average molecular weight is 428 g/mol. The van der Waals surface area contributed by atoms with Crippen molar-refractivity contribution in [3.8, 4) is 5.75 Å². The number of hydrogen-bond acceptors (Lipinski definition) is 6. The molecule has 3 aromatic carbocycles. The smallest absolute Gasteiger partial charge is 0.290 e. The minimum atomic E-state index is -0.738. The van der Waals surface area contributed by atoms with Crippen LogP contribution in [0.3, 0.4) is 0 Å². The molecule has 0 fully saturated rings. The number of benzene rings is 3. The van der Waals surface area contributed by atoms with Crippen LogP contribution in [0.4, 0.5) is 11.9 Å². The maximum atomic E-state index is 13.1. The molecule has 1 heterocycles. The molecular formula is C25H25N5O2. The van der Waals surface area contributed by atoms with Gasteiger partial charge < -0.3 is 15.4 Å². The van der Waals surface area contributed by atoms with Crippen molar-refractivity contribution in [1.82, 2.24) is 14.8 Å². The Morgan fingerprint density at radius 2 is 1.38 bits per heavy atom. The van der Waals surface area contributed by atoms with Crippen molar-refractivity contribution in [1.29, 1.82) is 0 Å². The van der Waals surface area contributed by atoms with Gasteiger partial charge in [0.1, 0.15) is 5.75 Å². The van der Waals surface area contributed by atoms with Crippen LogP contribution in [0.2, 0.25) is 0 Å². The van der Waals surface area contributed by atoms with Gasteiger partial charge in [-0.15, -0.1) is 5.10 Å². The zero-order chi connectivity index (χ0) is 22.2. The van der Waals surface area contributed by atoms with Crippen molar-refractivity contribution in [3.63, 3.8) is 0 Å². The highest BCUT2D eigenvalue weighted by molar-refractivity contribution is 5.85. The molecule has 0 aliphatic carbocycles. The predicted molar refractivity (Wildman–Crippen MR) is 125 cm³/mol. The number of para-hydroxylation sites is 1. The van der Waals surface area contributed by atoms with E-state index in [0.29, 0.717) is 30.7 Å². The molecule has 1 unspecified atom stereocenters. The summed E-state index contributed by atoms with van der Waals surface area (Å²) in [6.07, 6.45) is -0.738. The van der Waals surface area contributed by atoms with Gasteiger partial charge in [-0.25, -0.2) is 0 Å². The number of ether oxygens (including phenoxy) is 1. The van der Waals surface area contributed by atoms with E-state index in [2.05, 4.69) is 20.7 Å². The van der Waals surface area contributed by atoms with E-state index in [1.165, 1.54) is 4.68 Å². The van der Waals surface area contributed by atoms with Gasteiger partial charge in [-0.3, -0.25) is 4.79 Å². The molecular weight excluding hydrogens is 402 g/mol. The summed E-state index contributed by atoms with van der Waals surface area (Å²) in [7, 11) is 0. The normalized spacial score (nSPS) is 11.5. The minimum absolute atomic E-state index is 0.315. The third-order valence-corrected chi connectivity index (χ3v) is 4.81. The first kappa shape index (κ1) is 21.1. The predicted octanol–water partition coefficient (Wildman–Crippen LogP) is 4.61. The Kier molecular flexibility index (Phi) is 6.77. The summed E-state index contributed by atoms with van der Waals surface area (Å²) in [5.74, 6) is 1.03. The molecule has 7 nitrogen and oxygen atoms in total. The zero-order valence-electron chi connectivity index (χ0n) is 17.8. The second-order valence-electron chi connectivity index (χ2n) is 7.26. The van der Waals surface area contributed by atoms with E-state index >= 15 is 0 Å². The summed E-state index contributed by atoms with van der Waals surface area (Å²) < 4.78 is 7.07. The van der Waals surface area contributed by atoms with Crippen LogP contribution in [0, 0.1) is 0 Å². The van der Waals surface area contributed by atoms with Gasteiger partial charge in [0.2, 0.25) is 11.9 Å². The van der Waals surface area contributed by atoms with E-state index in [1.54, 1.807) is 6.92 Å². The molecule has 32 heavy (non-hydrogen) atoms. The summed E-state index contributed by atoms with van der Waals surface area (Å²) >= 11 is 0. The second-order valence-corrected chi connectivity index (χ2v) is 7.26. The van der Waals surface area contributed by atoms with E-state index in [0.717, 1.165) is 11.1 Å². The van der Waals surface area contributed by atoms with Crippen LogP contribution >= 0.6 is 0 Å². The summed E-state index contributed by atoms with van der Waals surface area (Å²) in [5.41, 5.74) is 2.16. The third-order valence-electron chi connectivity index (χ3n) is 4.81. The van der Waals surface area contributed by atoms with Crippen LogP contribution in [0.5, 0.6) is 5.75 Å². The van der Waals surface area contributed by atoms with Crippen molar-refractivity contribution >= 4 is 17.8 Å². The number of nitrogens with one attached hydrogen (secondary N) is 2. The number of carbonyl (C=O) groups is 1. The monoisotopic (exact) mass is 427 g/mol. The van der Waals surface area contributed by atoms with Crippen LogP contribution in [0.15, 0.2) is 91.0 Å². The average Bonchev–Trinajstić information content (AvgIpc) is 3.26. The highest BCUT2D eigenvalue weighted by atomic mass is 16.5. The Morgan fingerprint density at radius 1 is 0.844 bits per heavy atom. The maximum absolute atomic E-state index is 13.1. The Labute approximate surface area is 187 Å². The van der Waals surface area contributed by atoms with Crippen LogP contribution in [-0.2, 0) is 13.1 Å². The Bertz CT molecular complexity index is 1130. The van der Waals surface area contributed by atoms with Crippen LogP contribution in [-0.4, -0.2) is 26.8 Å². The number of rotatable bonds is 9. The largest absolute Gasteiger partial charge is 0.481 e. The fraction of sp³-hybridized carbons (Fsp3) is 0.160. The molecule has 0 saturated heterocycles. The molecule has 1 atom stereocenters. The maximum Gasteiger partial charge on any atom is 0.290 e. The van der Waals surface area contributed by atoms with Gasteiger partial charge in [-0.2, -0.15) is 9.67 Å². The molecule has 162 valence electrons. The SMILES string of the molecule is CC(Oc1ccccc1)C(=O)n1nc(NCc2ccccc2)nc1NCc1ccccc1. The topological polar surface area (TPSA) is 81.1 Å². The van der Waals surface area contributed by atoms with Crippen LogP contribution in [0.25, 0.3) is 0 Å². The van der Waals surface area contributed by atoms with Crippen molar-refractivity contribution in [2.45, 2.75) is 26.1 Å². The van der Waals surface area contributed by atoms with E-state index in [4.69, 9.17) is 4.74 Å². The molecule has 0 spiro atoms. The lowest BCUT2D eigenvalue weighted by atomic mass is 10.2. The molecule has 0 bridgehead atoms. The van der Waals surface area contributed by atoms with Crippen molar-refractivity contribution < 1.29 is 9.53 Å². The molecule has 7 heteroatoms. The third kappa shape index (κ3) is 5.51. The zero-order valence-corrected chi connectivity index (χ0v) is 17.8. The molecule has 0 radical (unpaired) electrons. The molecule has 4 rings (SSSR count). The van der Waals surface area contributed by atoms with E-state index in [1.807, 2.05) is 91.0 Å². The first-order valence-electron chi connectivity index (χ1n) is 10.5. The molecule has 0 aliphatic rings. The molecule has 0 amide bonds. The molecule has 2 N–H and O–H groups in total. The van der Waals surface area contributed by atoms with Gasteiger partial charge in [0.15, 0.2) is 6.10 Å². The first-order chi connectivity index (χ1) is 15.7. The van der Waals surface area contributed by atoms with Gasteiger partial charge in [-0.05, 0) is 30.2 Å². The minimum Gasteiger partial charge on any atom is -0.481 e. The lowest BCUT2D eigenvalue weighted by Gasteiger charge is -2.14. The summed E-state index contributed by atoms with van der Waals surface area (Å²) in [6, 6.07) is 29.1. The van der Waals surface area contributed by atoms with Crippen LogP contribution in [0.1, 0.15) is 22.8 Å². The quantitative estimate of drug-likeness (QED) is 0.406. The molecule has 0 saturated carbocycles. The molecule has 0 aliphatic heterocycles. The van der Waals surface area contributed by atoms with Gasteiger partial charge in [0.05, 0.1) is 0 Å². The first-order valence-corrected chi connectivity index (χ1v) is 10.5. The summed E-state index contributed by atoms with van der Waals surface area (Å²) in [6.45, 7) is 2.77. The van der Waals surface area contributed by atoms with Crippen LogP contribution < -0.4 is 15.4 Å². The van der Waals surface area contributed by atoms with E-state index in [-0.39, 0.29) is 5.91 Å². The lowest BCUT2D eigenvalue weighted by molar-refractivity contribution is 0.0713. The van der Waals surface area contributed by atoms with E-state index in [9.17, 15) is 4.79 Å². The Morgan fingerprint density at radius 3 is 1.97 bits per heavy atom. The second kappa shape index (κ2) is 10.3. The van der Waals surface area contributed by atoms with Crippen molar-refractivity contribution in [3.05, 3.63) is 102 Å². The highest BCUT2D eigenvalue weighted by Gasteiger charge is 2.23. The highest BCUT2D eigenvalue weighted by Crippen LogP contribution is 2.16. The van der Waals surface area contributed by atoms with Crippen molar-refractivity contribution in [2.75, 3.05) is 10.6 Å². The van der Waals surface area contributed by atoms with E-state index < -0.39 is 6.10 Å². The summed E-state index contributed by atoms with van der Waals surface area (Å²) in [4.78, 5) is 17.6. The number of anilines is 2. The van der Waals surface area contributed by atoms with Crippen molar-refractivity contribution in [2.24, 2.45) is 0 Å². The van der Waals surface area contributed by atoms with Gasteiger partial charge in [-0.1, -0.05) is 78.9 Å². The molecule has 1 aromatic heterocycles.